The van der Waals surface area contributed by atoms with Crippen LogP contribution in [0.5, 0.6) is 5.75 Å². The molecule has 0 aliphatic rings. The van der Waals surface area contributed by atoms with Crippen molar-refractivity contribution in [2.24, 2.45) is 0 Å². The molecule has 0 spiro atoms. The Labute approximate surface area is 206 Å². The molecule has 0 bridgehead atoms. The number of allylic oxidation sites excluding steroid dienone is 1. The van der Waals surface area contributed by atoms with Gasteiger partial charge in [0.2, 0.25) is 5.91 Å². The van der Waals surface area contributed by atoms with Gasteiger partial charge in [0.15, 0.2) is 5.16 Å². The third-order valence-electron chi connectivity index (χ3n) is 5.48. The predicted molar refractivity (Wildman–Crippen MR) is 138 cm³/mol. The number of carbonyl (C=O) groups excluding carboxylic acids is 1. The first-order valence-corrected chi connectivity index (χ1v) is 12.6. The van der Waals surface area contributed by atoms with Crippen molar-refractivity contribution in [1.29, 1.82) is 0 Å². The molecule has 3 aromatic rings. The lowest BCUT2D eigenvalue weighted by atomic mass is 10.1. The number of para-hydroxylation sites is 1. The molecule has 0 saturated heterocycles. The van der Waals surface area contributed by atoms with Gasteiger partial charge in [-0.3, -0.25) is 4.79 Å². The van der Waals surface area contributed by atoms with Crippen LogP contribution in [0.2, 0.25) is 0 Å². The van der Waals surface area contributed by atoms with Crippen LogP contribution in [0.1, 0.15) is 47.3 Å². The molecule has 7 heteroatoms. The number of rotatable bonds is 13. The van der Waals surface area contributed by atoms with Crippen LogP contribution >= 0.6 is 11.8 Å². The topological polar surface area (TPSA) is 69.0 Å². The fraction of sp³-hybridized carbons (Fsp3) is 0.370. The van der Waals surface area contributed by atoms with Gasteiger partial charge in [0, 0.05) is 37.2 Å². The van der Waals surface area contributed by atoms with Crippen molar-refractivity contribution in [1.82, 2.24) is 20.1 Å². The van der Waals surface area contributed by atoms with E-state index in [1.165, 1.54) is 16.7 Å². The Morgan fingerprint density at radius 1 is 1.15 bits per heavy atom. The van der Waals surface area contributed by atoms with E-state index in [1.54, 1.807) is 18.9 Å². The lowest BCUT2D eigenvalue weighted by Crippen LogP contribution is -2.22. The Hall–Kier alpha value is -3.06. The van der Waals surface area contributed by atoms with Gasteiger partial charge >= 0.3 is 0 Å². The molecule has 0 aliphatic heterocycles. The van der Waals surface area contributed by atoms with Gasteiger partial charge < -0.3 is 14.6 Å². The maximum atomic E-state index is 12.3. The summed E-state index contributed by atoms with van der Waals surface area (Å²) in [4.78, 5) is 12.3. The third kappa shape index (κ3) is 7.48. The summed E-state index contributed by atoms with van der Waals surface area (Å²) < 4.78 is 7.46. The number of benzene rings is 2. The lowest BCUT2D eigenvalue weighted by molar-refractivity contribution is -0.121. The van der Waals surface area contributed by atoms with Gasteiger partial charge in [0.25, 0.3) is 0 Å². The number of nitrogens with zero attached hydrogens (tertiary/aromatic N) is 3. The van der Waals surface area contributed by atoms with Crippen molar-refractivity contribution in [2.75, 3.05) is 7.11 Å². The van der Waals surface area contributed by atoms with E-state index in [1.807, 2.05) is 30.3 Å². The number of hydrogen-bond acceptors (Lipinski definition) is 5. The molecule has 0 fully saturated rings. The summed E-state index contributed by atoms with van der Waals surface area (Å²) in [5.74, 6) is 2.63. The van der Waals surface area contributed by atoms with E-state index in [-0.39, 0.29) is 5.91 Å². The van der Waals surface area contributed by atoms with E-state index in [0.717, 1.165) is 47.3 Å². The molecule has 0 radical (unpaired) electrons. The average Bonchev–Trinajstić information content (AvgIpc) is 3.20. The van der Waals surface area contributed by atoms with Gasteiger partial charge in [-0.2, -0.15) is 0 Å². The molecule has 3 rings (SSSR count). The number of nitrogens with one attached hydrogen (secondary N) is 1. The van der Waals surface area contributed by atoms with Crippen LogP contribution < -0.4 is 10.1 Å². The SMILES string of the molecule is C=CCn1c(CCCCC(=O)NCc2ccccc2OC)nnc1SCc1cc(C)cc(C)c1. The summed E-state index contributed by atoms with van der Waals surface area (Å²) in [6, 6.07) is 14.3. The van der Waals surface area contributed by atoms with Gasteiger partial charge in [-0.25, -0.2) is 0 Å². The predicted octanol–water partition coefficient (Wildman–Crippen LogP) is 5.41. The van der Waals surface area contributed by atoms with Crippen LogP contribution in [0.3, 0.4) is 0 Å². The second kappa shape index (κ2) is 13.0. The highest BCUT2D eigenvalue weighted by atomic mass is 32.2. The molecule has 34 heavy (non-hydrogen) atoms. The maximum absolute atomic E-state index is 12.3. The molecule has 0 aliphatic carbocycles. The van der Waals surface area contributed by atoms with Gasteiger partial charge in [-0.05, 0) is 38.3 Å². The van der Waals surface area contributed by atoms with Crippen molar-refractivity contribution in [3.63, 3.8) is 0 Å². The summed E-state index contributed by atoms with van der Waals surface area (Å²) in [5.41, 5.74) is 4.81. The molecule has 1 heterocycles. The Morgan fingerprint density at radius 2 is 1.91 bits per heavy atom. The number of aromatic nitrogens is 3. The Morgan fingerprint density at radius 3 is 2.65 bits per heavy atom. The first kappa shape index (κ1) is 25.6. The van der Waals surface area contributed by atoms with E-state index in [9.17, 15) is 4.79 Å². The van der Waals surface area contributed by atoms with Crippen molar-refractivity contribution >= 4 is 17.7 Å². The molecule has 180 valence electrons. The first-order chi connectivity index (χ1) is 16.5. The number of carbonyl (C=O) groups is 1. The van der Waals surface area contributed by atoms with Crippen LogP contribution in [0.4, 0.5) is 0 Å². The first-order valence-electron chi connectivity index (χ1n) is 11.6. The number of hydrogen-bond donors (Lipinski definition) is 1. The Kier molecular flexibility index (Phi) is 9.76. The minimum absolute atomic E-state index is 0.0446. The molecule has 1 amide bonds. The number of thioether (sulfide) groups is 1. The van der Waals surface area contributed by atoms with E-state index < -0.39 is 0 Å². The second-order valence-electron chi connectivity index (χ2n) is 8.38. The highest BCUT2D eigenvalue weighted by Gasteiger charge is 2.13. The number of aryl methyl sites for hydroxylation is 3. The van der Waals surface area contributed by atoms with Crippen molar-refractivity contribution in [3.8, 4) is 5.75 Å². The van der Waals surface area contributed by atoms with Crippen LogP contribution in [0.25, 0.3) is 0 Å². The maximum Gasteiger partial charge on any atom is 0.220 e. The number of unbranched alkanes of at least 4 members (excludes halogenated alkanes) is 1. The summed E-state index contributed by atoms with van der Waals surface area (Å²) in [6.45, 7) is 9.28. The molecule has 0 saturated carbocycles. The van der Waals surface area contributed by atoms with Crippen LogP contribution in [0, 0.1) is 13.8 Å². The summed E-state index contributed by atoms with van der Waals surface area (Å²) in [7, 11) is 1.64. The fourth-order valence-electron chi connectivity index (χ4n) is 3.92. The van der Waals surface area contributed by atoms with E-state index in [0.29, 0.717) is 19.5 Å². The van der Waals surface area contributed by atoms with Crippen LogP contribution in [-0.4, -0.2) is 27.8 Å². The Balaban J connectivity index is 1.47. The van der Waals surface area contributed by atoms with Crippen LogP contribution in [0.15, 0.2) is 60.3 Å². The fourth-order valence-corrected chi connectivity index (χ4v) is 4.82. The summed E-state index contributed by atoms with van der Waals surface area (Å²) in [6.07, 6.45) is 4.81. The lowest BCUT2D eigenvalue weighted by Gasteiger charge is -2.10. The van der Waals surface area contributed by atoms with Gasteiger partial charge in [0.05, 0.1) is 7.11 Å². The second-order valence-corrected chi connectivity index (χ2v) is 9.32. The zero-order valence-electron chi connectivity index (χ0n) is 20.3. The third-order valence-corrected chi connectivity index (χ3v) is 6.52. The number of amides is 1. The minimum Gasteiger partial charge on any atom is -0.496 e. The molecular formula is C27H34N4O2S. The van der Waals surface area contributed by atoms with Gasteiger partial charge in [0.1, 0.15) is 11.6 Å². The highest BCUT2D eigenvalue weighted by molar-refractivity contribution is 7.98. The van der Waals surface area contributed by atoms with Crippen molar-refractivity contribution in [2.45, 2.75) is 63.5 Å². The standard InChI is InChI=1S/C27H34N4O2S/c1-5-14-31-25(29-30-27(31)34-19-22-16-20(2)15-21(3)17-22)12-8-9-13-26(32)28-18-23-10-6-7-11-24(23)33-4/h5-7,10-11,15-17H,1,8-9,12-14,18-19H2,2-4H3,(H,28,32). The number of methoxy groups -OCH3 is 1. The van der Waals surface area contributed by atoms with Crippen molar-refractivity contribution < 1.29 is 9.53 Å². The summed E-state index contributed by atoms with van der Waals surface area (Å²) in [5, 5.41) is 12.7. The van der Waals surface area contributed by atoms with Crippen LogP contribution in [-0.2, 0) is 30.1 Å². The zero-order valence-corrected chi connectivity index (χ0v) is 21.2. The molecule has 0 atom stereocenters. The van der Waals surface area contributed by atoms with Crippen molar-refractivity contribution in [3.05, 3.63) is 83.2 Å². The largest absolute Gasteiger partial charge is 0.496 e. The van der Waals surface area contributed by atoms with E-state index in [4.69, 9.17) is 4.74 Å². The smallest absolute Gasteiger partial charge is 0.220 e. The number of ether oxygens (including phenoxy) is 1. The molecule has 0 unspecified atom stereocenters. The quantitative estimate of drug-likeness (QED) is 0.202. The molecule has 1 aromatic heterocycles. The highest BCUT2D eigenvalue weighted by Crippen LogP contribution is 2.24. The Bertz CT molecular complexity index is 1090. The minimum atomic E-state index is 0.0446. The molecule has 1 N–H and O–H groups in total. The molecule has 2 aromatic carbocycles. The van der Waals surface area contributed by atoms with E-state index >= 15 is 0 Å². The van der Waals surface area contributed by atoms with E-state index in [2.05, 4.69) is 58.7 Å². The normalized spacial score (nSPS) is 10.8. The summed E-state index contributed by atoms with van der Waals surface area (Å²) >= 11 is 1.70. The van der Waals surface area contributed by atoms with Gasteiger partial charge in [-0.15, -0.1) is 16.8 Å². The van der Waals surface area contributed by atoms with Gasteiger partial charge in [-0.1, -0.05) is 65.4 Å². The monoisotopic (exact) mass is 478 g/mol. The zero-order chi connectivity index (χ0) is 24.3. The average molecular weight is 479 g/mol. The molecular weight excluding hydrogens is 444 g/mol. The molecule has 6 nitrogen and oxygen atoms in total.